The van der Waals surface area contributed by atoms with Crippen LogP contribution in [0.15, 0.2) is 29.3 Å². The van der Waals surface area contributed by atoms with Crippen molar-refractivity contribution in [3.8, 4) is 5.75 Å². The fourth-order valence-corrected chi connectivity index (χ4v) is 2.33. The van der Waals surface area contributed by atoms with E-state index in [1.54, 1.807) is 0 Å². The zero-order chi connectivity index (χ0) is 16.9. The third kappa shape index (κ3) is 4.86. The van der Waals surface area contributed by atoms with E-state index in [4.69, 9.17) is 9.73 Å². The minimum atomic E-state index is 0.0302. The molecule has 1 aliphatic rings. The molecular weight excluding hydrogens is 288 g/mol. The lowest BCUT2D eigenvalue weighted by atomic mass is 10.1. The van der Waals surface area contributed by atoms with Gasteiger partial charge in [0.15, 0.2) is 5.96 Å². The van der Waals surface area contributed by atoms with Crippen LogP contribution >= 0.6 is 0 Å². The van der Waals surface area contributed by atoms with Gasteiger partial charge in [0.1, 0.15) is 11.9 Å². The number of likely N-dealkylation sites (N-methyl/N-ethyl adjacent to an activating group) is 1. The Hall–Kier alpha value is -1.75. The Kier molecular flexibility index (Phi) is 5.88. The third-order valence-electron chi connectivity index (χ3n) is 4.39. The minimum Gasteiger partial charge on any atom is -0.488 e. The number of fused-ring (bicyclic) bond motifs is 1. The normalized spacial score (nSPS) is 17.8. The summed E-state index contributed by atoms with van der Waals surface area (Å²) in [6, 6.07) is 8.25. The predicted octanol–water partition coefficient (Wildman–Crippen LogP) is 1.89. The van der Waals surface area contributed by atoms with Crippen molar-refractivity contribution in [3.05, 3.63) is 29.8 Å². The quantitative estimate of drug-likeness (QED) is 0.621. The maximum absolute atomic E-state index is 5.97. The Bertz CT molecular complexity index is 515. The number of hydrogen-bond donors (Lipinski definition) is 2. The molecule has 0 bridgehead atoms. The van der Waals surface area contributed by atoms with E-state index in [0.717, 1.165) is 37.8 Å². The molecule has 1 atom stereocenters. The summed E-state index contributed by atoms with van der Waals surface area (Å²) in [6.07, 6.45) is 1.12. The minimum absolute atomic E-state index is 0.0302. The van der Waals surface area contributed by atoms with Gasteiger partial charge in [0.05, 0.1) is 13.1 Å². The summed E-state index contributed by atoms with van der Waals surface area (Å²) in [5.74, 6) is 1.86. The van der Waals surface area contributed by atoms with E-state index >= 15 is 0 Å². The van der Waals surface area contributed by atoms with Gasteiger partial charge >= 0.3 is 0 Å². The molecular formula is C18H30N4O. The standard InChI is InChI=1S/C18H30N4O/c1-6-19-17(21-13-18(2,3)22(4)5)20-12-15-11-14-9-7-8-10-16(14)23-15/h7-10,15H,6,11-13H2,1-5H3,(H2,19,20,21). The fourth-order valence-electron chi connectivity index (χ4n) is 2.33. The van der Waals surface area contributed by atoms with Crippen LogP contribution in [0.4, 0.5) is 0 Å². The maximum Gasteiger partial charge on any atom is 0.191 e. The van der Waals surface area contributed by atoms with Crippen LogP contribution < -0.4 is 15.4 Å². The average Bonchev–Trinajstić information content (AvgIpc) is 2.92. The number of para-hydroxylation sites is 1. The highest BCUT2D eigenvalue weighted by molar-refractivity contribution is 5.79. The first-order chi connectivity index (χ1) is 10.9. The number of nitrogens with one attached hydrogen (secondary N) is 2. The van der Waals surface area contributed by atoms with Crippen molar-refractivity contribution < 1.29 is 4.74 Å². The number of nitrogens with zero attached hydrogens (tertiary/aromatic N) is 2. The second kappa shape index (κ2) is 7.68. The largest absolute Gasteiger partial charge is 0.488 e. The molecule has 2 N–H and O–H groups in total. The molecule has 2 rings (SSSR count). The van der Waals surface area contributed by atoms with Gasteiger partial charge in [-0.1, -0.05) is 18.2 Å². The van der Waals surface area contributed by atoms with E-state index in [0.29, 0.717) is 0 Å². The van der Waals surface area contributed by atoms with Crippen LogP contribution in [0, 0.1) is 0 Å². The van der Waals surface area contributed by atoms with Gasteiger partial charge in [-0.3, -0.25) is 4.99 Å². The van der Waals surface area contributed by atoms with E-state index in [1.165, 1.54) is 5.56 Å². The van der Waals surface area contributed by atoms with Crippen LogP contribution in [0.5, 0.6) is 5.75 Å². The molecule has 0 amide bonds. The van der Waals surface area contributed by atoms with Crippen molar-refractivity contribution in [1.82, 2.24) is 15.5 Å². The summed E-state index contributed by atoms with van der Waals surface area (Å²) in [5, 5.41) is 6.71. The van der Waals surface area contributed by atoms with Gasteiger partial charge in [-0.15, -0.1) is 0 Å². The first-order valence-electron chi connectivity index (χ1n) is 8.36. The van der Waals surface area contributed by atoms with Crippen molar-refractivity contribution in [2.75, 3.05) is 33.7 Å². The summed E-state index contributed by atoms with van der Waals surface area (Å²) in [7, 11) is 4.17. The number of aliphatic imine (C=N–C) groups is 1. The van der Waals surface area contributed by atoms with E-state index < -0.39 is 0 Å². The molecule has 5 nitrogen and oxygen atoms in total. The molecule has 0 saturated carbocycles. The molecule has 5 heteroatoms. The maximum atomic E-state index is 5.97. The molecule has 0 fully saturated rings. The van der Waals surface area contributed by atoms with Gasteiger partial charge in [-0.25, -0.2) is 0 Å². The van der Waals surface area contributed by atoms with Gasteiger partial charge < -0.3 is 20.3 Å². The second-order valence-corrected chi connectivity index (χ2v) is 6.83. The lowest BCUT2D eigenvalue weighted by Gasteiger charge is -2.31. The molecule has 0 spiro atoms. The number of guanidine groups is 1. The lowest BCUT2D eigenvalue weighted by molar-refractivity contribution is 0.204. The highest BCUT2D eigenvalue weighted by atomic mass is 16.5. The van der Waals surface area contributed by atoms with E-state index in [9.17, 15) is 0 Å². The van der Waals surface area contributed by atoms with E-state index in [2.05, 4.69) is 62.5 Å². The Morgan fingerprint density at radius 2 is 2.04 bits per heavy atom. The molecule has 1 aromatic rings. The fraction of sp³-hybridized carbons (Fsp3) is 0.611. The third-order valence-corrected chi connectivity index (χ3v) is 4.39. The molecule has 1 aliphatic heterocycles. The van der Waals surface area contributed by atoms with Crippen molar-refractivity contribution in [1.29, 1.82) is 0 Å². The van der Waals surface area contributed by atoms with Gasteiger partial charge in [0, 0.05) is 18.5 Å². The first-order valence-corrected chi connectivity index (χ1v) is 8.36. The van der Waals surface area contributed by atoms with Gasteiger partial charge in [-0.05, 0) is 46.5 Å². The zero-order valence-corrected chi connectivity index (χ0v) is 15.0. The molecule has 0 saturated heterocycles. The Morgan fingerprint density at radius 3 is 2.70 bits per heavy atom. The molecule has 23 heavy (non-hydrogen) atoms. The van der Waals surface area contributed by atoms with Crippen molar-refractivity contribution in [2.45, 2.75) is 38.8 Å². The molecule has 128 valence electrons. The number of hydrogen-bond acceptors (Lipinski definition) is 3. The molecule has 0 aliphatic carbocycles. The van der Waals surface area contributed by atoms with Gasteiger partial charge in [0.2, 0.25) is 0 Å². The zero-order valence-electron chi connectivity index (χ0n) is 15.0. The van der Waals surface area contributed by atoms with Crippen LogP contribution in [0.25, 0.3) is 0 Å². The van der Waals surface area contributed by atoms with Gasteiger partial charge in [0.25, 0.3) is 0 Å². The SMILES string of the molecule is CCNC(=NCC(C)(C)N(C)C)NCC1Cc2ccccc2O1. The summed E-state index contributed by atoms with van der Waals surface area (Å²) >= 11 is 0. The molecule has 0 radical (unpaired) electrons. The van der Waals surface area contributed by atoms with Gasteiger partial charge in [-0.2, -0.15) is 0 Å². The van der Waals surface area contributed by atoms with Crippen LogP contribution in [0.2, 0.25) is 0 Å². The Morgan fingerprint density at radius 1 is 1.30 bits per heavy atom. The topological polar surface area (TPSA) is 48.9 Å². The van der Waals surface area contributed by atoms with Crippen LogP contribution in [-0.4, -0.2) is 56.2 Å². The molecule has 1 unspecified atom stereocenters. The number of ether oxygens (including phenoxy) is 1. The number of benzene rings is 1. The smallest absolute Gasteiger partial charge is 0.191 e. The monoisotopic (exact) mass is 318 g/mol. The van der Waals surface area contributed by atoms with Crippen LogP contribution in [0.1, 0.15) is 26.3 Å². The van der Waals surface area contributed by atoms with Crippen LogP contribution in [0.3, 0.4) is 0 Å². The molecule has 1 heterocycles. The van der Waals surface area contributed by atoms with Crippen molar-refractivity contribution in [2.24, 2.45) is 4.99 Å². The summed E-state index contributed by atoms with van der Waals surface area (Å²) in [5.41, 5.74) is 1.32. The highest BCUT2D eigenvalue weighted by Gasteiger charge is 2.23. The summed E-state index contributed by atoms with van der Waals surface area (Å²) in [6.45, 7) is 8.80. The lowest BCUT2D eigenvalue weighted by Crippen LogP contribution is -2.45. The molecule has 1 aromatic carbocycles. The predicted molar refractivity (Wildman–Crippen MR) is 96.3 cm³/mol. The average molecular weight is 318 g/mol. The highest BCUT2D eigenvalue weighted by Crippen LogP contribution is 2.27. The van der Waals surface area contributed by atoms with Crippen LogP contribution in [-0.2, 0) is 6.42 Å². The summed E-state index contributed by atoms with van der Waals surface area (Å²) < 4.78 is 5.97. The number of rotatable bonds is 6. The summed E-state index contributed by atoms with van der Waals surface area (Å²) in [4.78, 5) is 6.90. The Labute approximate surface area is 140 Å². The second-order valence-electron chi connectivity index (χ2n) is 6.83. The first kappa shape index (κ1) is 17.6. The molecule has 0 aromatic heterocycles. The van der Waals surface area contributed by atoms with Crippen molar-refractivity contribution in [3.63, 3.8) is 0 Å². The van der Waals surface area contributed by atoms with Crippen molar-refractivity contribution >= 4 is 5.96 Å². The Balaban J connectivity index is 1.88. The van der Waals surface area contributed by atoms with E-state index in [1.807, 2.05) is 12.1 Å². The van der Waals surface area contributed by atoms with E-state index in [-0.39, 0.29) is 11.6 Å².